The number of anilines is 1. The third-order valence-electron chi connectivity index (χ3n) is 4.95. The van der Waals surface area contributed by atoms with Gasteiger partial charge in [0.15, 0.2) is 11.6 Å². The second kappa shape index (κ2) is 9.24. The minimum atomic E-state index is -4.88. The fourth-order valence-electron chi connectivity index (χ4n) is 3.38. The third-order valence-corrected chi connectivity index (χ3v) is 4.95. The second-order valence-electron chi connectivity index (χ2n) is 7.30. The molecule has 2 aromatic heterocycles. The van der Waals surface area contributed by atoms with Crippen LogP contribution >= 0.6 is 0 Å². The van der Waals surface area contributed by atoms with Gasteiger partial charge in [0.1, 0.15) is 18.2 Å². The summed E-state index contributed by atoms with van der Waals surface area (Å²) in [7, 11) is 0. The number of morpholine rings is 1. The normalized spacial score (nSPS) is 16.6. The third kappa shape index (κ3) is 5.17. The van der Waals surface area contributed by atoms with Crippen LogP contribution in [0.2, 0.25) is 0 Å². The molecule has 1 saturated heterocycles. The molecule has 1 amide bonds. The first kappa shape index (κ1) is 22.8. The molecule has 0 radical (unpaired) electrons. The molecule has 1 atom stereocenters. The van der Waals surface area contributed by atoms with Crippen molar-refractivity contribution in [2.75, 3.05) is 25.0 Å². The van der Waals surface area contributed by atoms with Crippen LogP contribution in [0.5, 0.6) is 0 Å². The Bertz CT molecular complexity index is 1160. The Balaban J connectivity index is 1.45. The van der Waals surface area contributed by atoms with Crippen molar-refractivity contribution in [1.29, 1.82) is 0 Å². The maximum Gasteiger partial charge on any atom is 0.419 e. The Morgan fingerprint density at radius 3 is 2.79 bits per heavy atom. The summed E-state index contributed by atoms with van der Waals surface area (Å²) in [6.07, 6.45) is -1.67. The number of nitrogens with one attached hydrogen (secondary N) is 2. The standard InChI is InChI=1S/C21H18F5N5O2/c22-15-7-13(30-18(32)6-12-2-1-3-14(19(12)23)21(24,25)26)8-28-20(15)31-10-16(29-11-31)17-9-27-4-5-33-17/h1-3,7-8,10-11,17,27H,4-6,9H2,(H,30,32)/t17-/m1/s1. The number of carbonyl (C=O) groups excluding carboxylic acids is 1. The van der Waals surface area contributed by atoms with Gasteiger partial charge in [0.25, 0.3) is 0 Å². The molecule has 1 aromatic carbocycles. The Hall–Kier alpha value is -3.38. The molecule has 0 aliphatic carbocycles. The first-order chi connectivity index (χ1) is 15.7. The van der Waals surface area contributed by atoms with Gasteiger partial charge < -0.3 is 15.4 Å². The van der Waals surface area contributed by atoms with E-state index < -0.39 is 41.3 Å². The number of nitrogens with zero attached hydrogens (tertiary/aromatic N) is 3. The number of benzene rings is 1. The lowest BCUT2D eigenvalue weighted by atomic mass is 10.1. The van der Waals surface area contributed by atoms with Crippen LogP contribution in [0.3, 0.4) is 0 Å². The number of hydrogen-bond acceptors (Lipinski definition) is 5. The van der Waals surface area contributed by atoms with Crippen LogP contribution in [0.15, 0.2) is 43.0 Å². The van der Waals surface area contributed by atoms with Crippen LogP contribution < -0.4 is 10.6 Å². The maximum atomic E-state index is 14.6. The molecule has 1 aliphatic heterocycles. The molecular formula is C21H18F5N5O2. The van der Waals surface area contributed by atoms with E-state index in [0.717, 1.165) is 24.7 Å². The maximum absolute atomic E-state index is 14.6. The lowest BCUT2D eigenvalue weighted by Crippen LogP contribution is -2.33. The lowest BCUT2D eigenvalue weighted by Gasteiger charge is -2.21. The number of amides is 1. The molecule has 4 rings (SSSR count). The highest BCUT2D eigenvalue weighted by atomic mass is 19.4. The second-order valence-corrected chi connectivity index (χ2v) is 7.30. The summed E-state index contributed by atoms with van der Waals surface area (Å²) in [4.78, 5) is 20.4. The number of imidazole rings is 1. The monoisotopic (exact) mass is 467 g/mol. The van der Waals surface area contributed by atoms with Gasteiger partial charge in [-0.1, -0.05) is 12.1 Å². The van der Waals surface area contributed by atoms with Gasteiger partial charge in [0, 0.05) is 25.4 Å². The Kier molecular flexibility index (Phi) is 6.38. The average Bonchev–Trinajstić information content (AvgIpc) is 3.25. The van der Waals surface area contributed by atoms with E-state index in [2.05, 4.69) is 20.6 Å². The van der Waals surface area contributed by atoms with E-state index in [1.165, 1.54) is 17.1 Å². The van der Waals surface area contributed by atoms with Gasteiger partial charge >= 0.3 is 6.18 Å². The van der Waals surface area contributed by atoms with E-state index in [0.29, 0.717) is 24.9 Å². The Labute approximate surface area is 184 Å². The van der Waals surface area contributed by atoms with E-state index in [1.807, 2.05) is 0 Å². The molecule has 3 heterocycles. The van der Waals surface area contributed by atoms with Gasteiger partial charge in [-0.15, -0.1) is 0 Å². The molecule has 33 heavy (non-hydrogen) atoms. The molecule has 0 unspecified atom stereocenters. The predicted molar refractivity (Wildman–Crippen MR) is 107 cm³/mol. The molecule has 0 saturated carbocycles. The summed E-state index contributed by atoms with van der Waals surface area (Å²) in [5, 5.41) is 5.48. The van der Waals surface area contributed by atoms with E-state index in [4.69, 9.17) is 4.74 Å². The van der Waals surface area contributed by atoms with Crippen LogP contribution in [0.4, 0.5) is 27.6 Å². The molecule has 1 fully saturated rings. The van der Waals surface area contributed by atoms with Gasteiger partial charge in [-0.05, 0) is 11.6 Å². The first-order valence-corrected chi connectivity index (χ1v) is 9.89. The zero-order chi connectivity index (χ0) is 23.6. The molecule has 3 aromatic rings. The lowest BCUT2D eigenvalue weighted by molar-refractivity contribution is -0.140. The van der Waals surface area contributed by atoms with Crippen LogP contribution in [0.25, 0.3) is 5.82 Å². The van der Waals surface area contributed by atoms with Gasteiger partial charge in [-0.3, -0.25) is 9.36 Å². The Morgan fingerprint density at radius 2 is 2.09 bits per heavy atom. The molecular weight excluding hydrogens is 449 g/mol. The summed E-state index contributed by atoms with van der Waals surface area (Å²) in [6.45, 7) is 1.84. The highest BCUT2D eigenvalue weighted by Crippen LogP contribution is 2.32. The van der Waals surface area contributed by atoms with Crippen molar-refractivity contribution in [3.05, 3.63) is 71.4 Å². The van der Waals surface area contributed by atoms with Crippen molar-refractivity contribution in [3.63, 3.8) is 0 Å². The molecule has 0 spiro atoms. The minimum absolute atomic E-state index is 0.0335. The smallest absolute Gasteiger partial charge is 0.369 e. The quantitative estimate of drug-likeness (QED) is 0.563. The van der Waals surface area contributed by atoms with Gasteiger partial charge in [0.2, 0.25) is 5.91 Å². The van der Waals surface area contributed by atoms with E-state index >= 15 is 0 Å². The zero-order valence-corrected chi connectivity index (χ0v) is 17.0. The largest absolute Gasteiger partial charge is 0.419 e. The van der Waals surface area contributed by atoms with Gasteiger partial charge in [-0.25, -0.2) is 18.7 Å². The van der Waals surface area contributed by atoms with Gasteiger partial charge in [0.05, 0.1) is 36.2 Å². The Morgan fingerprint density at radius 1 is 1.27 bits per heavy atom. The SMILES string of the molecule is O=C(Cc1cccc(C(F)(F)F)c1F)Nc1cnc(-n2cnc([C@H]3CNCCO3)c2)c(F)c1. The summed E-state index contributed by atoms with van der Waals surface area (Å²) in [6, 6.07) is 3.68. The number of ether oxygens (including phenoxy) is 1. The van der Waals surface area contributed by atoms with Gasteiger partial charge in [-0.2, -0.15) is 13.2 Å². The van der Waals surface area contributed by atoms with Crippen LogP contribution in [-0.4, -0.2) is 40.1 Å². The fourth-order valence-corrected chi connectivity index (χ4v) is 3.38. The van der Waals surface area contributed by atoms with Crippen LogP contribution in [0, 0.1) is 11.6 Å². The molecule has 174 valence electrons. The summed E-state index contributed by atoms with van der Waals surface area (Å²) >= 11 is 0. The van der Waals surface area contributed by atoms with E-state index in [1.54, 1.807) is 6.20 Å². The van der Waals surface area contributed by atoms with Crippen LogP contribution in [-0.2, 0) is 22.1 Å². The number of aromatic nitrogens is 3. The first-order valence-electron chi connectivity index (χ1n) is 9.89. The molecule has 2 N–H and O–H groups in total. The van der Waals surface area contributed by atoms with Crippen LogP contribution in [0.1, 0.15) is 22.9 Å². The number of hydrogen-bond donors (Lipinski definition) is 2. The van der Waals surface area contributed by atoms with E-state index in [9.17, 15) is 26.7 Å². The number of carbonyl (C=O) groups is 1. The summed E-state index contributed by atoms with van der Waals surface area (Å²) in [5.74, 6) is -3.19. The fraction of sp³-hybridized carbons (Fsp3) is 0.286. The predicted octanol–water partition coefficient (Wildman–Crippen LogP) is 3.41. The van der Waals surface area contributed by atoms with Crippen molar-refractivity contribution in [2.24, 2.45) is 0 Å². The topological polar surface area (TPSA) is 81.1 Å². The molecule has 0 bridgehead atoms. The minimum Gasteiger partial charge on any atom is -0.369 e. The number of rotatable bonds is 5. The van der Waals surface area contributed by atoms with Crippen molar-refractivity contribution in [2.45, 2.75) is 18.7 Å². The van der Waals surface area contributed by atoms with Crippen molar-refractivity contribution < 1.29 is 31.5 Å². The van der Waals surface area contributed by atoms with Crippen molar-refractivity contribution in [1.82, 2.24) is 19.9 Å². The number of pyridine rings is 1. The highest BCUT2D eigenvalue weighted by Gasteiger charge is 2.35. The zero-order valence-electron chi connectivity index (χ0n) is 17.0. The average molecular weight is 467 g/mol. The van der Waals surface area contributed by atoms with E-state index in [-0.39, 0.29) is 17.6 Å². The molecule has 1 aliphatic rings. The summed E-state index contributed by atoms with van der Waals surface area (Å²) in [5.41, 5.74) is -1.32. The van der Waals surface area contributed by atoms with Crippen molar-refractivity contribution >= 4 is 11.6 Å². The summed E-state index contributed by atoms with van der Waals surface area (Å²) < 4.78 is 74.2. The van der Waals surface area contributed by atoms with Crippen molar-refractivity contribution in [3.8, 4) is 5.82 Å². The molecule has 12 heteroatoms. The highest BCUT2D eigenvalue weighted by molar-refractivity contribution is 5.92. The number of alkyl halides is 3. The molecule has 7 nitrogen and oxygen atoms in total. The number of halogens is 5.